The van der Waals surface area contributed by atoms with Gasteiger partial charge in [0.15, 0.2) is 5.78 Å². The molecule has 0 fully saturated rings. The highest BCUT2D eigenvalue weighted by molar-refractivity contribution is 7.89. The highest BCUT2D eigenvalue weighted by atomic mass is 32.2. The maximum absolute atomic E-state index is 13.6. The summed E-state index contributed by atoms with van der Waals surface area (Å²) in [5, 5.41) is 0. The van der Waals surface area contributed by atoms with Crippen LogP contribution in [0.5, 0.6) is 0 Å². The summed E-state index contributed by atoms with van der Waals surface area (Å²) in [5.41, 5.74) is 0.201. The van der Waals surface area contributed by atoms with Crippen LogP contribution in [0.1, 0.15) is 24.2 Å². The Morgan fingerprint density at radius 3 is 2.28 bits per heavy atom. The van der Waals surface area contributed by atoms with Crippen LogP contribution in [0.4, 0.5) is 4.39 Å². The molecule has 0 aliphatic heterocycles. The van der Waals surface area contributed by atoms with Gasteiger partial charge in [0.1, 0.15) is 10.7 Å². The molecule has 0 amide bonds. The second-order valence-electron chi connectivity index (χ2n) is 4.45. The summed E-state index contributed by atoms with van der Waals surface area (Å²) in [4.78, 5) is 11.3. The van der Waals surface area contributed by atoms with E-state index in [0.29, 0.717) is 0 Å². The number of halogens is 1. The zero-order valence-corrected chi connectivity index (χ0v) is 11.6. The number of ketones is 1. The second-order valence-corrected chi connectivity index (χ2v) is 6.57. The Balaban J connectivity index is 3.39. The van der Waals surface area contributed by atoms with Gasteiger partial charge in [0, 0.05) is 25.6 Å². The summed E-state index contributed by atoms with van der Waals surface area (Å²) in [6.07, 6.45) is 0. The molecule has 0 bridgehead atoms. The molecule has 0 saturated carbocycles. The number of carbonyl (C=O) groups excluding carboxylic acids is 1. The maximum atomic E-state index is 13.6. The number of rotatable bonds is 4. The molecule has 4 nitrogen and oxygen atoms in total. The Morgan fingerprint density at radius 1 is 1.28 bits per heavy atom. The lowest BCUT2D eigenvalue weighted by molar-refractivity contribution is 0.0939. The third kappa shape index (κ3) is 2.76. The summed E-state index contributed by atoms with van der Waals surface area (Å²) >= 11 is 0. The van der Waals surface area contributed by atoms with Crippen LogP contribution in [0.15, 0.2) is 23.1 Å². The first kappa shape index (κ1) is 14.8. The molecule has 18 heavy (non-hydrogen) atoms. The van der Waals surface area contributed by atoms with E-state index in [1.165, 1.54) is 20.2 Å². The van der Waals surface area contributed by atoms with Crippen LogP contribution in [0, 0.1) is 11.7 Å². The SMILES string of the molecule is CC(C)C(=O)c1ccc(F)c(S(=O)(=O)N(C)C)c1. The van der Waals surface area contributed by atoms with Gasteiger partial charge >= 0.3 is 0 Å². The monoisotopic (exact) mass is 273 g/mol. The lowest BCUT2D eigenvalue weighted by atomic mass is 10.0. The number of carbonyl (C=O) groups is 1. The average Bonchev–Trinajstić information content (AvgIpc) is 2.28. The molecule has 100 valence electrons. The molecule has 0 unspecified atom stereocenters. The zero-order chi connectivity index (χ0) is 14.1. The third-order valence-corrected chi connectivity index (χ3v) is 4.33. The minimum Gasteiger partial charge on any atom is -0.294 e. The van der Waals surface area contributed by atoms with Gasteiger partial charge in [-0.25, -0.2) is 17.1 Å². The van der Waals surface area contributed by atoms with E-state index in [1.54, 1.807) is 13.8 Å². The van der Waals surface area contributed by atoms with Gasteiger partial charge in [-0.05, 0) is 18.2 Å². The van der Waals surface area contributed by atoms with E-state index in [2.05, 4.69) is 0 Å². The van der Waals surface area contributed by atoms with E-state index in [9.17, 15) is 17.6 Å². The first-order valence-electron chi connectivity index (χ1n) is 5.44. The number of hydrogen-bond donors (Lipinski definition) is 0. The molecular weight excluding hydrogens is 257 g/mol. The molecule has 1 aromatic carbocycles. The van der Waals surface area contributed by atoms with Crippen molar-refractivity contribution >= 4 is 15.8 Å². The quantitative estimate of drug-likeness (QED) is 0.787. The number of hydrogen-bond acceptors (Lipinski definition) is 3. The molecule has 1 rings (SSSR count). The molecule has 0 aromatic heterocycles. The highest BCUT2D eigenvalue weighted by Crippen LogP contribution is 2.20. The van der Waals surface area contributed by atoms with Gasteiger partial charge in [0.25, 0.3) is 0 Å². The fourth-order valence-electron chi connectivity index (χ4n) is 1.38. The van der Waals surface area contributed by atoms with Crippen molar-refractivity contribution in [3.8, 4) is 0 Å². The fraction of sp³-hybridized carbons (Fsp3) is 0.417. The maximum Gasteiger partial charge on any atom is 0.245 e. The Bertz CT molecular complexity index is 565. The Hall–Kier alpha value is -1.27. The van der Waals surface area contributed by atoms with Gasteiger partial charge in [-0.3, -0.25) is 4.79 Å². The van der Waals surface area contributed by atoms with Crippen LogP contribution < -0.4 is 0 Å². The summed E-state index contributed by atoms with van der Waals surface area (Å²) in [6, 6.07) is 3.39. The van der Waals surface area contributed by atoms with E-state index < -0.39 is 20.7 Å². The second kappa shape index (κ2) is 5.16. The fourth-order valence-corrected chi connectivity index (χ4v) is 2.37. The Morgan fingerprint density at radius 2 is 1.83 bits per heavy atom. The van der Waals surface area contributed by atoms with E-state index in [4.69, 9.17) is 0 Å². The van der Waals surface area contributed by atoms with Crippen molar-refractivity contribution in [3.05, 3.63) is 29.6 Å². The predicted octanol–water partition coefficient (Wildman–Crippen LogP) is 1.91. The molecule has 1 aromatic rings. The van der Waals surface area contributed by atoms with E-state index in [1.807, 2.05) is 0 Å². The molecule has 0 radical (unpaired) electrons. The molecule has 0 N–H and O–H groups in total. The first-order chi connectivity index (χ1) is 8.17. The van der Waals surface area contributed by atoms with Crippen molar-refractivity contribution in [2.75, 3.05) is 14.1 Å². The molecule has 0 spiro atoms. The largest absolute Gasteiger partial charge is 0.294 e. The minimum atomic E-state index is -3.88. The smallest absolute Gasteiger partial charge is 0.245 e. The van der Waals surface area contributed by atoms with Crippen molar-refractivity contribution in [3.63, 3.8) is 0 Å². The van der Waals surface area contributed by atoms with Crippen LogP contribution in [-0.4, -0.2) is 32.6 Å². The Labute approximate surface area is 106 Å². The van der Waals surface area contributed by atoms with Crippen molar-refractivity contribution in [2.24, 2.45) is 5.92 Å². The van der Waals surface area contributed by atoms with Crippen LogP contribution in [-0.2, 0) is 10.0 Å². The molecule has 0 saturated heterocycles. The number of sulfonamides is 1. The summed E-state index contributed by atoms with van der Waals surface area (Å²) in [7, 11) is -1.26. The van der Waals surface area contributed by atoms with E-state index >= 15 is 0 Å². The molecule has 0 heterocycles. The predicted molar refractivity (Wildman–Crippen MR) is 66.4 cm³/mol. The molecule has 6 heteroatoms. The molecule has 0 atom stereocenters. The van der Waals surface area contributed by atoms with E-state index in [0.717, 1.165) is 16.4 Å². The summed E-state index contributed by atoms with van der Waals surface area (Å²) < 4.78 is 38.2. The average molecular weight is 273 g/mol. The van der Waals surface area contributed by atoms with Gasteiger partial charge < -0.3 is 0 Å². The Kier molecular flexibility index (Phi) is 4.24. The first-order valence-corrected chi connectivity index (χ1v) is 6.88. The number of benzene rings is 1. The third-order valence-electron chi connectivity index (χ3n) is 2.50. The molecule has 0 aliphatic carbocycles. The van der Waals surface area contributed by atoms with Crippen molar-refractivity contribution in [1.29, 1.82) is 0 Å². The molecule has 0 aliphatic rings. The van der Waals surface area contributed by atoms with E-state index in [-0.39, 0.29) is 17.3 Å². The summed E-state index contributed by atoms with van der Waals surface area (Å²) in [6.45, 7) is 3.40. The minimum absolute atomic E-state index is 0.201. The van der Waals surface area contributed by atoms with Crippen molar-refractivity contribution in [2.45, 2.75) is 18.7 Å². The van der Waals surface area contributed by atoms with Crippen LogP contribution in [0.3, 0.4) is 0 Å². The summed E-state index contributed by atoms with van der Waals surface area (Å²) in [5.74, 6) is -1.35. The van der Waals surface area contributed by atoms with Crippen LogP contribution in [0.2, 0.25) is 0 Å². The lowest BCUT2D eigenvalue weighted by Crippen LogP contribution is -2.23. The van der Waals surface area contributed by atoms with Crippen LogP contribution >= 0.6 is 0 Å². The van der Waals surface area contributed by atoms with Crippen molar-refractivity contribution < 1.29 is 17.6 Å². The lowest BCUT2D eigenvalue weighted by Gasteiger charge is -2.13. The van der Waals surface area contributed by atoms with Gasteiger partial charge in [0.05, 0.1) is 0 Å². The van der Waals surface area contributed by atoms with Gasteiger partial charge in [-0.1, -0.05) is 13.8 Å². The topological polar surface area (TPSA) is 54.5 Å². The normalized spacial score (nSPS) is 12.2. The van der Waals surface area contributed by atoms with Crippen LogP contribution in [0.25, 0.3) is 0 Å². The highest BCUT2D eigenvalue weighted by Gasteiger charge is 2.23. The van der Waals surface area contributed by atoms with Crippen molar-refractivity contribution in [1.82, 2.24) is 4.31 Å². The van der Waals surface area contributed by atoms with Gasteiger partial charge in [-0.2, -0.15) is 0 Å². The zero-order valence-electron chi connectivity index (χ0n) is 10.8. The standard InChI is InChI=1S/C12H16FNO3S/c1-8(2)12(15)9-5-6-10(13)11(7-9)18(16,17)14(3)4/h5-8H,1-4H3. The molecular formula is C12H16FNO3S. The van der Waals surface area contributed by atoms with Gasteiger partial charge in [0.2, 0.25) is 10.0 Å². The van der Waals surface area contributed by atoms with Gasteiger partial charge in [-0.15, -0.1) is 0 Å². The number of Topliss-reactive ketones (excluding diaryl/α,β-unsaturated/α-hetero) is 1. The number of nitrogens with zero attached hydrogens (tertiary/aromatic N) is 1.